The summed E-state index contributed by atoms with van der Waals surface area (Å²) in [5.74, 6) is 1.72. The van der Waals surface area contributed by atoms with Crippen molar-refractivity contribution < 1.29 is 4.74 Å². The number of rotatable bonds is 5. The van der Waals surface area contributed by atoms with E-state index in [1.807, 2.05) is 23.1 Å². The zero-order chi connectivity index (χ0) is 26.3. The predicted octanol–water partition coefficient (Wildman–Crippen LogP) is 3.77. The van der Waals surface area contributed by atoms with Gasteiger partial charge in [0.1, 0.15) is 5.82 Å². The maximum absolute atomic E-state index is 5.60. The minimum Gasteiger partial charge on any atom is -0.381 e. The van der Waals surface area contributed by atoms with E-state index in [4.69, 9.17) is 24.8 Å². The number of likely N-dealkylation sites (N-methyl/N-ethyl adjacent to an activating group) is 1. The van der Waals surface area contributed by atoms with Gasteiger partial charge < -0.3 is 19.5 Å². The van der Waals surface area contributed by atoms with Gasteiger partial charge in [0.15, 0.2) is 5.65 Å². The minimum atomic E-state index is 0.403. The standard InChI is InChI=1S/C29H39N9O/c1-20-32-28-26(38(20)24-8-15-39-16-9-24)17-21(18-30-28)25-7-10-37-27(25)19-31-29(34-37)33-22-3-5-23(6-4-22)36-13-11-35(2)12-14-36/h7,10,17-19,22-24H,3-6,8-9,11-16H2,1-2H3,(H,33,34)/t22-,23+. The van der Waals surface area contributed by atoms with Crippen LogP contribution in [0.3, 0.4) is 0 Å². The van der Waals surface area contributed by atoms with Crippen LogP contribution in [0.4, 0.5) is 5.95 Å². The van der Waals surface area contributed by atoms with Crippen LogP contribution in [-0.4, -0.2) is 97.5 Å². The van der Waals surface area contributed by atoms with E-state index < -0.39 is 0 Å². The van der Waals surface area contributed by atoms with Crippen LogP contribution in [0.5, 0.6) is 0 Å². The first-order valence-electron chi connectivity index (χ1n) is 14.6. The summed E-state index contributed by atoms with van der Waals surface area (Å²) in [6, 6.07) is 5.89. The molecular weight excluding hydrogens is 490 g/mol. The first-order chi connectivity index (χ1) is 19.1. The lowest BCUT2D eigenvalue weighted by atomic mass is 9.90. The molecule has 4 aromatic heterocycles. The average Bonchev–Trinajstić information content (AvgIpc) is 3.54. The Kier molecular flexibility index (Phi) is 6.70. The molecule has 3 aliphatic rings. The van der Waals surface area contributed by atoms with Gasteiger partial charge in [0, 0.05) is 81.0 Å². The van der Waals surface area contributed by atoms with E-state index in [1.165, 1.54) is 51.9 Å². The largest absolute Gasteiger partial charge is 0.381 e. The number of aryl methyl sites for hydroxylation is 1. The number of piperazine rings is 1. The van der Waals surface area contributed by atoms with Gasteiger partial charge in [-0.3, -0.25) is 4.90 Å². The monoisotopic (exact) mass is 529 g/mol. The molecule has 4 aromatic rings. The van der Waals surface area contributed by atoms with Crippen molar-refractivity contribution in [3.05, 3.63) is 36.5 Å². The Morgan fingerprint density at radius 3 is 2.49 bits per heavy atom. The van der Waals surface area contributed by atoms with Crippen molar-refractivity contribution >= 4 is 22.6 Å². The van der Waals surface area contributed by atoms with E-state index in [9.17, 15) is 0 Å². The molecule has 1 saturated carbocycles. The molecule has 7 rings (SSSR count). The van der Waals surface area contributed by atoms with Crippen LogP contribution >= 0.6 is 0 Å². The molecule has 0 radical (unpaired) electrons. The Hall–Kier alpha value is -3.08. The number of hydrogen-bond acceptors (Lipinski definition) is 8. The number of hydrogen-bond donors (Lipinski definition) is 1. The van der Waals surface area contributed by atoms with Crippen molar-refractivity contribution in [1.29, 1.82) is 0 Å². The zero-order valence-electron chi connectivity index (χ0n) is 23.1. The molecule has 2 aliphatic heterocycles. The lowest BCUT2D eigenvalue weighted by Gasteiger charge is -2.41. The summed E-state index contributed by atoms with van der Waals surface area (Å²) in [5, 5.41) is 8.44. The molecular formula is C29H39N9O. The molecule has 0 amide bonds. The van der Waals surface area contributed by atoms with Crippen LogP contribution in [0.15, 0.2) is 30.7 Å². The molecule has 10 heteroatoms. The zero-order valence-corrected chi connectivity index (χ0v) is 23.1. The molecule has 2 saturated heterocycles. The number of nitrogens with one attached hydrogen (secondary N) is 1. The first kappa shape index (κ1) is 24.9. The van der Waals surface area contributed by atoms with Gasteiger partial charge in [0.05, 0.1) is 17.2 Å². The Morgan fingerprint density at radius 2 is 1.69 bits per heavy atom. The summed E-state index contributed by atoms with van der Waals surface area (Å²) < 4.78 is 9.88. The third-order valence-electron chi connectivity index (χ3n) is 9.09. The summed E-state index contributed by atoms with van der Waals surface area (Å²) in [6.07, 6.45) is 12.7. The van der Waals surface area contributed by atoms with Crippen molar-refractivity contribution in [3.63, 3.8) is 0 Å². The van der Waals surface area contributed by atoms with Crippen molar-refractivity contribution in [2.45, 2.75) is 63.6 Å². The van der Waals surface area contributed by atoms with Crippen molar-refractivity contribution in [2.75, 3.05) is 51.8 Å². The van der Waals surface area contributed by atoms with Gasteiger partial charge in [-0.1, -0.05) is 0 Å². The highest BCUT2D eigenvalue weighted by atomic mass is 16.5. The molecule has 39 heavy (non-hydrogen) atoms. The normalized spacial score (nSPS) is 24.1. The van der Waals surface area contributed by atoms with Gasteiger partial charge in [-0.05, 0) is 64.6 Å². The predicted molar refractivity (Wildman–Crippen MR) is 152 cm³/mol. The Balaban J connectivity index is 1.07. The fourth-order valence-electron chi connectivity index (χ4n) is 6.81. The fourth-order valence-corrected chi connectivity index (χ4v) is 6.81. The number of imidazole rings is 1. The maximum atomic E-state index is 5.60. The molecule has 1 N–H and O–H groups in total. The molecule has 1 aliphatic carbocycles. The molecule has 10 nitrogen and oxygen atoms in total. The molecule has 206 valence electrons. The maximum Gasteiger partial charge on any atom is 0.241 e. The second-order valence-corrected chi connectivity index (χ2v) is 11.6. The SMILES string of the molecule is Cc1nc2ncc(-c3ccn4nc(N[C@H]5CC[C@@H](N6CCN(C)CC6)CC5)ncc34)cc2n1C1CCOCC1. The van der Waals surface area contributed by atoms with Crippen molar-refractivity contribution in [1.82, 2.24) is 38.9 Å². The molecule has 0 aromatic carbocycles. The van der Waals surface area contributed by atoms with Gasteiger partial charge in [-0.15, -0.1) is 5.10 Å². The quantitative estimate of drug-likeness (QED) is 0.418. The van der Waals surface area contributed by atoms with Crippen LogP contribution < -0.4 is 5.32 Å². The third-order valence-corrected chi connectivity index (χ3v) is 9.09. The molecule has 0 unspecified atom stereocenters. The van der Waals surface area contributed by atoms with Crippen LogP contribution in [0.25, 0.3) is 27.8 Å². The molecule has 0 bridgehead atoms. The Labute approximate surface area is 229 Å². The van der Waals surface area contributed by atoms with E-state index in [2.05, 4.69) is 45.8 Å². The van der Waals surface area contributed by atoms with Crippen LogP contribution in [-0.2, 0) is 4.74 Å². The number of fused-ring (bicyclic) bond motifs is 2. The molecule has 0 spiro atoms. The molecule has 3 fully saturated rings. The van der Waals surface area contributed by atoms with E-state index in [-0.39, 0.29) is 0 Å². The Bertz CT molecular complexity index is 1440. The van der Waals surface area contributed by atoms with Crippen LogP contribution in [0, 0.1) is 6.92 Å². The van der Waals surface area contributed by atoms with Crippen molar-refractivity contribution in [2.24, 2.45) is 0 Å². The summed E-state index contributed by atoms with van der Waals surface area (Å²) in [5.41, 5.74) is 5.01. The van der Waals surface area contributed by atoms with Crippen LogP contribution in [0.1, 0.15) is 50.4 Å². The van der Waals surface area contributed by atoms with E-state index in [1.54, 1.807) is 0 Å². The highest BCUT2D eigenvalue weighted by molar-refractivity contribution is 5.85. The van der Waals surface area contributed by atoms with E-state index in [0.29, 0.717) is 18.0 Å². The Morgan fingerprint density at radius 1 is 0.897 bits per heavy atom. The van der Waals surface area contributed by atoms with Gasteiger partial charge >= 0.3 is 0 Å². The van der Waals surface area contributed by atoms with Crippen molar-refractivity contribution in [3.8, 4) is 11.1 Å². The average molecular weight is 530 g/mol. The highest BCUT2D eigenvalue weighted by Crippen LogP contribution is 2.32. The second-order valence-electron chi connectivity index (χ2n) is 11.6. The molecule has 6 heterocycles. The summed E-state index contributed by atoms with van der Waals surface area (Å²) in [6.45, 7) is 8.46. The summed E-state index contributed by atoms with van der Waals surface area (Å²) >= 11 is 0. The molecule has 0 atom stereocenters. The van der Waals surface area contributed by atoms with Gasteiger partial charge in [0.25, 0.3) is 0 Å². The highest BCUT2D eigenvalue weighted by Gasteiger charge is 2.28. The number of aromatic nitrogens is 6. The second kappa shape index (κ2) is 10.5. The van der Waals surface area contributed by atoms with E-state index >= 15 is 0 Å². The number of pyridine rings is 1. The smallest absolute Gasteiger partial charge is 0.241 e. The summed E-state index contributed by atoms with van der Waals surface area (Å²) in [7, 11) is 2.23. The number of ether oxygens (including phenoxy) is 1. The van der Waals surface area contributed by atoms with Gasteiger partial charge in [0.2, 0.25) is 5.95 Å². The van der Waals surface area contributed by atoms with Gasteiger partial charge in [-0.2, -0.15) is 0 Å². The minimum absolute atomic E-state index is 0.403. The first-order valence-corrected chi connectivity index (χ1v) is 14.6. The number of anilines is 1. The van der Waals surface area contributed by atoms with Crippen LogP contribution in [0.2, 0.25) is 0 Å². The van der Waals surface area contributed by atoms with Gasteiger partial charge in [-0.25, -0.2) is 19.5 Å². The third kappa shape index (κ3) is 4.90. The number of nitrogens with zero attached hydrogens (tertiary/aromatic N) is 8. The lowest BCUT2D eigenvalue weighted by molar-refractivity contribution is 0.0701. The fraction of sp³-hybridized carbons (Fsp3) is 0.586. The van der Waals surface area contributed by atoms with E-state index in [0.717, 1.165) is 65.7 Å². The lowest BCUT2D eigenvalue weighted by Crippen LogP contribution is -2.50. The summed E-state index contributed by atoms with van der Waals surface area (Å²) in [4.78, 5) is 19.3. The topological polar surface area (TPSA) is 88.6 Å².